The zero-order valence-corrected chi connectivity index (χ0v) is 18.9. The number of hydrogen-bond acceptors (Lipinski definition) is 7. The van der Waals surface area contributed by atoms with Gasteiger partial charge in [0, 0.05) is 36.9 Å². The van der Waals surface area contributed by atoms with Crippen LogP contribution in [0.15, 0.2) is 65.3 Å². The zero-order valence-electron chi connectivity index (χ0n) is 17.2. The van der Waals surface area contributed by atoms with Crippen molar-refractivity contribution < 1.29 is 13.5 Å². The van der Waals surface area contributed by atoms with Crippen LogP contribution in [-0.2, 0) is 15.6 Å². The normalized spacial score (nSPS) is 15.2. The van der Waals surface area contributed by atoms with Crippen LogP contribution in [-0.4, -0.2) is 42.6 Å². The number of fused-ring (bicyclic) bond motifs is 2. The third-order valence-corrected chi connectivity index (χ3v) is 7.55. The van der Waals surface area contributed by atoms with Crippen molar-refractivity contribution in [3.63, 3.8) is 0 Å². The molecule has 2 atom stereocenters. The molecule has 0 spiro atoms. The summed E-state index contributed by atoms with van der Waals surface area (Å²) in [6, 6.07) is 12.1. The first-order chi connectivity index (χ1) is 14.7. The molecule has 0 aliphatic rings. The SMILES string of the molecule is C[C@H](CNCC(C)(O)c1ccc2scnc2c1)NS(=O)(=O)c1ccc2cnccc2c1. The van der Waals surface area contributed by atoms with Gasteiger partial charge in [0.15, 0.2) is 0 Å². The van der Waals surface area contributed by atoms with Crippen LogP contribution in [0.2, 0.25) is 0 Å². The van der Waals surface area contributed by atoms with Crippen molar-refractivity contribution >= 4 is 42.3 Å². The van der Waals surface area contributed by atoms with E-state index >= 15 is 0 Å². The maximum absolute atomic E-state index is 12.8. The molecule has 9 heteroatoms. The summed E-state index contributed by atoms with van der Waals surface area (Å²) in [5.41, 5.74) is 2.29. The number of pyridine rings is 1. The van der Waals surface area contributed by atoms with Crippen LogP contribution < -0.4 is 10.0 Å². The highest BCUT2D eigenvalue weighted by molar-refractivity contribution is 7.89. The summed E-state index contributed by atoms with van der Waals surface area (Å²) < 4.78 is 29.3. The summed E-state index contributed by atoms with van der Waals surface area (Å²) in [6.07, 6.45) is 3.33. The van der Waals surface area contributed by atoms with Crippen molar-refractivity contribution in [2.45, 2.75) is 30.4 Å². The fraction of sp³-hybridized carbons (Fsp3) is 0.273. The van der Waals surface area contributed by atoms with Gasteiger partial charge in [-0.1, -0.05) is 12.1 Å². The molecule has 4 rings (SSSR count). The van der Waals surface area contributed by atoms with E-state index < -0.39 is 15.6 Å². The average molecular weight is 457 g/mol. The monoisotopic (exact) mass is 456 g/mol. The molecule has 7 nitrogen and oxygen atoms in total. The van der Waals surface area contributed by atoms with E-state index in [1.807, 2.05) is 18.2 Å². The van der Waals surface area contributed by atoms with Crippen LogP contribution in [0.25, 0.3) is 21.0 Å². The van der Waals surface area contributed by atoms with Crippen molar-refractivity contribution in [2.24, 2.45) is 0 Å². The molecule has 0 aliphatic carbocycles. The van der Waals surface area contributed by atoms with E-state index in [0.717, 1.165) is 26.6 Å². The van der Waals surface area contributed by atoms with Crippen molar-refractivity contribution in [3.8, 4) is 0 Å². The Balaban J connectivity index is 1.36. The lowest BCUT2D eigenvalue weighted by Crippen LogP contribution is -2.44. The second kappa shape index (κ2) is 8.60. The molecule has 0 saturated heterocycles. The second-order valence-electron chi connectivity index (χ2n) is 7.85. The third kappa shape index (κ3) is 4.91. The minimum atomic E-state index is -3.67. The predicted octanol–water partition coefficient (Wildman–Crippen LogP) is 3.01. The minimum absolute atomic E-state index is 0.210. The maximum atomic E-state index is 12.8. The topological polar surface area (TPSA) is 104 Å². The fourth-order valence-corrected chi connectivity index (χ4v) is 5.37. The molecule has 0 fully saturated rings. The summed E-state index contributed by atoms with van der Waals surface area (Å²) in [7, 11) is -3.67. The number of benzene rings is 2. The number of sulfonamides is 1. The third-order valence-electron chi connectivity index (χ3n) is 5.15. The molecule has 2 aromatic heterocycles. The van der Waals surface area contributed by atoms with Crippen molar-refractivity contribution in [1.82, 2.24) is 20.0 Å². The van der Waals surface area contributed by atoms with Crippen LogP contribution in [0.3, 0.4) is 0 Å². The van der Waals surface area contributed by atoms with Gasteiger partial charge in [0.2, 0.25) is 10.0 Å². The van der Waals surface area contributed by atoms with Gasteiger partial charge in [-0.05, 0) is 55.1 Å². The molecule has 31 heavy (non-hydrogen) atoms. The first-order valence-corrected chi connectivity index (χ1v) is 12.2. The van der Waals surface area contributed by atoms with Gasteiger partial charge in [-0.3, -0.25) is 4.98 Å². The van der Waals surface area contributed by atoms with Gasteiger partial charge in [0.25, 0.3) is 0 Å². The van der Waals surface area contributed by atoms with Crippen LogP contribution in [0, 0.1) is 0 Å². The van der Waals surface area contributed by atoms with Crippen LogP contribution in [0.5, 0.6) is 0 Å². The molecule has 0 aliphatic heterocycles. The number of rotatable bonds is 8. The Morgan fingerprint density at radius 1 is 1.16 bits per heavy atom. The average Bonchev–Trinajstić information content (AvgIpc) is 3.21. The molecule has 0 radical (unpaired) electrons. The number of thiazole rings is 1. The quantitative estimate of drug-likeness (QED) is 0.377. The van der Waals surface area contributed by atoms with E-state index in [2.05, 4.69) is 20.0 Å². The van der Waals surface area contributed by atoms with E-state index in [1.165, 1.54) is 0 Å². The highest BCUT2D eigenvalue weighted by Crippen LogP contribution is 2.26. The van der Waals surface area contributed by atoms with Gasteiger partial charge in [0.05, 0.1) is 26.2 Å². The molecule has 162 valence electrons. The molecule has 4 aromatic rings. The lowest BCUT2D eigenvalue weighted by atomic mass is 9.95. The summed E-state index contributed by atoms with van der Waals surface area (Å²) in [4.78, 5) is 8.55. The van der Waals surface area contributed by atoms with E-state index in [9.17, 15) is 13.5 Å². The lowest BCUT2D eigenvalue weighted by molar-refractivity contribution is 0.0569. The van der Waals surface area contributed by atoms with Crippen LogP contribution in [0.4, 0.5) is 0 Å². The van der Waals surface area contributed by atoms with Gasteiger partial charge < -0.3 is 10.4 Å². The smallest absolute Gasteiger partial charge is 0.240 e. The molecule has 0 amide bonds. The number of aliphatic hydroxyl groups is 1. The molecule has 2 aromatic carbocycles. The number of aromatic nitrogens is 2. The largest absolute Gasteiger partial charge is 0.384 e. The van der Waals surface area contributed by atoms with Crippen LogP contribution >= 0.6 is 11.3 Å². The number of nitrogens with one attached hydrogen (secondary N) is 2. The van der Waals surface area contributed by atoms with Gasteiger partial charge >= 0.3 is 0 Å². The molecule has 1 unspecified atom stereocenters. The van der Waals surface area contributed by atoms with E-state index in [-0.39, 0.29) is 17.5 Å². The molecule has 2 heterocycles. The molecule has 3 N–H and O–H groups in total. The van der Waals surface area contributed by atoms with Gasteiger partial charge in [-0.2, -0.15) is 0 Å². The van der Waals surface area contributed by atoms with Crippen molar-refractivity contribution in [2.75, 3.05) is 13.1 Å². The van der Waals surface area contributed by atoms with E-state index in [1.54, 1.807) is 67.4 Å². The lowest BCUT2D eigenvalue weighted by Gasteiger charge is -2.25. The van der Waals surface area contributed by atoms with Crippen molar-refractivity contribution in [3.05, 3.63) is 65.9 Å². The van der Waals surface area contributed by atoms with E-state index in [0.29, 0.717) is 6.54 Å². The second-order valence-corrected chi connectivity index (χ2v) is 10.4. The first kappa shape index (κ1) is 21.8. The maximum Gasteiger partial charge on any atom is 0.240 e. The Kier molecular flexibility index (Phi) is 6.05. The standard InChI is InChI=1S/C22H24N4O3S2/c1-15(26-31(28,29)19-5-3-17-12-23-8-7-16(17)9-19)11-24-13-22(2,27)18-4-6-21-20(10-18)25-14-30-21/h3-10,12,14-15,24,26-27H,11,13H2,1-2H3/t15-,22?/m1/s1. The van der Waals surface area contributed by atoms with E-state index in [4.69, 9.17) is 0 Å². The Morgan fingerprint density at radius 2 is 2.00 bits per heavy atom. The Hall–Kier alpha value is -2.43. The highest BCUT2D eigenvalue weighted by Gasteiger charge is 2.24. The first-order valence-electron chi connectivity index (χ1n) is 9.87. The van der Waals surface area contributed by atoms with Gasteiger partial charge in [-0.25, -0.2) is 18.1 Å². The molecule has 0 saturated carbocycles. The van der Waals surface area contributed by atoms with Gasteiger partial charge in [-0.15, -0.1) is 11.3 Å². The number of hydrogen-bond donors (Lipinski definition) is 3. The van der Waals surface area contributed by atoms with Crippen LogP contribution in [0.1, 0.15) is 19.4 Å². The zero-order chi connectivity index (χ0) is 22.1. The number of nitrogens with zero attached hydrogens (tertiary/aromatic N) is 2. The Bertz CT molecular complexity index is 1320. The predicted molar refractivity (Wildman–Crippen MR) is 124 cm³/mol. The fourth-order valence-electron chi connectivity index (χ4n) is 3.43. The summed E-state index contributed by atoms with van der Waals surface area (Å²) in [5.74, 6) is 0. The van der Waals surface area contributed by atoms with Crippen molar-refractivity contribution in [1.29, 1.82) is 0 Å². The Morgan fingerprint density at radius 3 is 2.84 bits per heavy atom. The van der Waals surface area contributed by atoms with Gasteiger partial charge in [0.1, 0.15) is 0 Å². The summed E-state index contributed by atoms with van der Waals surface area (Å²) >= 11 is 1.56. The Labute approximate surface area is 185 Å². The summed E-state index contributed by atoms with van der Waals surface area (Å²) in [6.45, 7) is 4.15. The minimum Gasteiger partial charge on any atom is -0.384 e. The highest BCUT2D eigenvalue weighted by atomic mass is 32.2. The molecular formula is C22H24N4O3S2. The summed E-state index contributed by atoms with van der Waals surface area (Å²) in [5, 5.41) is 15.7. The molecular weight excluding hydrogens is 432 g/mol. The molecule has 0 bridgehead atoms.